The number of ether oxygens (including phenoxy) is 3. The van der Waals surface area contributed by atoms with Crippen LogP contribution in [0.25, 0.3) is 22.4 Å². The average Bonchev–Trinajstić information content (AvgIpc) is 2.96. The molecule has 0 aliphatic rings. The van der Waals surface area contributed by atoms with Crippen molar-refractivity contribution in [3.63, 3.8) is 0 Å². The Hall–Kier alpha value is -2.69. The van der Waals surface area contributed by atoms with Crippen LogP contribution in [0.5, 0.6) is 17.2 Å². The van der Waals surface area contributed by atoms with Gasteiger partial charge in [-0.1, -0.05) is 0 Å². The molecule has 3 rings (SSSR count). The van der Waals surface area contributed by atoms with E-state index in [2.05, 4.69) is 9.97 Å². The van der Waals surface area contributed by atoms with Gasteiger partial charge in [-0.05, 0) is 24.3 Å². The van der Waals surface area contributed by atoms with Crippen molar-refractivity contribution in [1.29, 1.82) is 0 Å². The second kappa shape index (κ2) is 5.36. The molecule has 0 unspecified atom stereocenters. The number of aromatic amines is 1. The van der Waals surface area contributed by atoms with E-state index in [4.69, 9.17) is 14.2 Å². The lowest BCUT2D eigenvalue weighted by Crippen LogP contribution is -1.91. The van der Waals surface area contributed by atoms with Gasteiger partial charge in [0.25, 0.3) is 0 Å². The van der Waals surface area contributed by atoms with Crippen LogP contribution in [-0.4, -0.2) is 31.3 Å². The lowest BCUT2D eigenvalue weighted by molar-refractivity contribution is 0.395. The molecule has 0 spiro atoms. The maximum absolute atomic E-state index is 5.42. The van der Waals surface area contributed by atoms with Crippen LogP contribution in [0.2, 0.25) is 0 Å². The monoisotopic (exact) mass is 284 g/mol. The predicted molar refractivity (Wildman–Crippen MR) is 81.2 cm³/mol. The molecule has 5 heteroatoms. The van der Waals surface area contributed by atoms with Gasteiger partial charge in [0, 0.05) is 12.1 Å². The molecule has 2 aromatic carbocycles. The fourth-order valence-electron chi connectivity index (χ4n) is 2.24. The first-order valence-electron chi connectivity index (χ1n) is 6.51. The third-order valence-corrected chi connectivity index (χ3v) is 3.35. The molecule has 0 amide bonds. The normalized spacial score (nSPS) is 10.6. The van der Waals surface area contributed by atoms with E-state index < -0.39 is 0 Å². The Morgan fingerprint density at radius 2 is 1.57 bits per heavy atom. The smallest absolute Gasteiger partial charge is 0.142 e. The van der Waals surface area contributed by atoms with Crippen LogP contribution >= 0.6 is 0 Å². The summed E-state index contributed by atoms with van der Waals surface area (Å²) in [5.74, 6) is 2.99. The highest BCUT2D eigenvalue weighted by molar-refractivity contribution is 5.82. The van der Waals surface area contributed by atoms with E-state index in [1.54, 1.807) is 21.3 Å². The highest BCUT2D eigenvalue weighted by atomic mass is 16.5. The summed E-state index contributed by atoms with van der Waals surface area (Å²) >= 11 is 0. The van der Waals surface area contributed by atoms with E-state index in [1.807, 2.05) is 36.4 Å². The molecule has 0 aliphatic carbocycles. The summed E-state index contributed by atoms with van der Waals surface area (Å²) in [6.07, 6.45) is 0. The maximum Gasteiger partial charge on any atom is 0.142 e. The van der Waals surface area contributed by atoms with Gasteiger partial charge in [0.15, 0.2) is 0 Å². The van der Waals surface area contributed by atoms with E-state index in [-0.39, 0.29) is 0 Å². The number of benzene rings is 2. The largest absolute Gasteiger partial charge is 0.497 e. The van der Waals surface area contributed by atoms with E-state index in [1.165, 1.54) is 0 Å². The first-order chi connectivity index (χ1) is 10.2. The topological polar surface area (TPSA) is 56.4 Å². The van der Waals surface area contributed by atoms with E-state index >= 15 is 0 Å². The fraction of sp³-hybridized carbons (Fsp3) is 0.188. The number of nitrogens with zero attached hydrogens (tertiary/aromatic N) is 1. The van der Waals surface area contributed by atoms with Crippen molar-refractivity contribution < 1.29 is 14.2 Å². The van der Waals surface area contributed by atoms with E-state index in [0.29, 0.717) is 5.75 Å². The van der Waals surface area contributed by atoms with E-state index in [0.717, 1.165) is 33.9 Å². The molecular formula is C16H16N2O3. The molecule has 0 aliphatic heterocycles. The van der Waals surface area contributed by atoms with Gasteiger partial charge in [0.05, 0.1) is 37.9 Å². The van der Waals surface area contributed by atoms with Gasteiger partial charge in [0.2, 0.25) is 0 Å². The summed E-state index contributed by atoms with van der Waals surface area (Å²) in [5.41, 5.74) is 2.68. The second-order valence-electron chi connectivity index (χ2n) is 4.53. The zero-order chi connectivity index (χ0) is 14.8. The molecule has 3 aromatic rings. The first kappa shape index (κ1) is 13.3. The predicted octanol–water partition coefficient (Wildman–Crippen LogP) is 3.26. The molecule has 0 saturated heterocycles. The molecule has 0 radical (unpaired) electrons. The summed E-state index contributed by atoms with van der Waals surface area (Å²) in [6.45, 7) is 0. The summed E-state index contributed by atoms with van der Waals surface area (Å²) in [7, 11) is 4.90. The molecule has 1 N–H and O–H groups in total. The van der Waals surface area contributed by atoms with Crippen molar-refractivity contribution in [2.24, 2.45) is 0 Å². The summed E-state index contributed by atoms with van der Waals surface area (Å²) < 4.78 is 15.9. The van der Waals surface area contributed by atoms with Gasteiger partial charge in [-0.25, -0.2) is 4.98 Å². The number of nitrogens with one attached hydrogen (secondary N) is 1. The van der Waals surface area contributed by atoms with Crippen LogP contribution in [0.15, 0.2) is 36.4 Å². The minimum absolute atomic E-state index is 0.709. The molecular weight excluding hydrogens is 268 g/mol. The molecule has 0 saturated carbocycles. The number of imidazole rings is 1. The van der Waals surface area contributed by atoms with E-state index in [9.17, 15) is 0 Å². The SMILES string of the molecule is COc1ccc(-c2nc3ccc(OC)cc3[nH]2)c(OC)c1. The summed E-state index contributed by atoms with van der Waals surface area (Å²) in [6, 6.07) is 11.4. The van der Waals surface area contributed by atoms with Crippen molar-refractivity contribution in [1.82, 2.24) is 9.97 Å². The third-order valence-electron chi connectivity index (χ3n) is 3.35. The summed E-state index contributed by atoms with van der Waals surface area (Å²) in [5, 5.41) is 0. The van der Waals surface area contributed by atoms with Crippen LogP contribution in [-0.2, 0) is 0 Å². The third kappa shape index (κ3) is 2.38. The van der Waals surface area contributed by atoms with Crippen molar-refractivity contribution in [2.75, 3.05) is 21.3 Å². The van der Waals surface area contributed by atoms with Crippen molar-refractivity contribution >= 4 is 11.0 Å². The van der Waals surface area contributed by atoms with Crippen LogP contribution in [0.4, 0.5) is 0 Å². The summed E-state index contributed by atoms with van der Waals surface area (Å²) in [4.78, 5) is 7.88. The van der Waals surface area contributed by atoms with Crippen LogP contribution in [0.1, 0.15) is 0 Å². The minimum atomic E-state index is 0.709. The number of aromatic nitrogens is 2. The zero-order valence-electron chi connectivity index (χ0n) is 12.1. The Balaban J connectivity index is 2.11. The van der Waals surface area contributed by atoms with Gasteiger partial charge < -0.3 is 19.2 Å². The zero-order valence-corrected chi connectivity index (χ0v) is 12.1. The molecule has 0 fully saturated rings. The Bertz CT molecular complexity index is 780. The number of fused-ring (bicyclic) bond motifs is 1. The average molecular weight is 284 g/mol. The molecule has 1 heterocycles. The Labute approximate surface area is 122 Å². The second-order valence-corrected chi connectivity index (χ2v) is 4.53. The Morgan fingerprint density at radius 1 is 0.857 bits per heavy atom. The molecule has 21 heavy (non-hydrogen) atoms. The lowest BCUT2D eigenvalue weighted by atomic mass is 10.2. The van der Waals surface area contributed by atoms with Crippen LogP contribution in [0, 0.1) is 0 Å². The maximum atomic E-state index is 5.42. The van der Waals surface area contributed by atoms with Crippen molar-refractivity contribution in [2.45, 2.75) is 0 Å². The number of H-pyrrole nitrogens is 1. The minimum Gasteiger partial charge on any atom is -0.497 e. The molecule has 0 bridgehead atoms. The Kier molecular flexibility index (Phi) is 3.39. The number of methoxy groups -OCH3 is 3. The Morgan fingerprint density at radius 3 is 2.29 bits per heavy atom. The molecule has 1 aromatic heterocycles. The number of hydrogen-bond acceptors (Lipinski definition) is 4. The van der Waals surface area contributed by atoms with Crippen LogP contribution < -0.4 is 14.2 Å². The van der Waals surface area contributed by atoms with Gasteiger partial charge >= 0.3 is 0 Å². The first-order valence-corrected chi connectivity index (χ1v) is 6.51. The van der Waals surface area contributed by atoms with Crippen LogP contribution in [0.3, 0.4) is 0 Å². The van der Waals surface area contributed by atoms with Crippen molar-refractivity contribution in [3.8, 4) is 28.6 Å². The quantitative estimate of drug-likeness (QED) is 0.799. The van der Waals surface area contributed by atoms with Gasteiger partial charge in [-0.3, -0.25) is 0 Å². The van der Waals surface area contributed by atoms with Gasteiger partial charge in [-0.2, -0.15) is 0 Å². The number of hydrogen-bond donors (Lipinski definition) is 1. The molecule has 108 valence electrons. The fourth-order valence-corrected chi connectivity index (χ4v) is 2.24. The van der Waals surface area contributed by atoms with Crippen molar-refractivity contribution in [3.05, 3.63) is 36.4 Å². The highest BCUT2D eigenvalue weighted by Gasteiger charge is 2.12. The lowest BCUT2D eigenvalue weighted by Gasteiger charge is -2.08. The standard InChI is InChI=1S/C16H16N2O3/c1-19-10-5-7-13-14(8-10)18-16(17-13)12-6-4-11(20-2)9-15(12)21-3/h4-9H,1-3H3,(H,17,18). The molecule has 5 nitrogen and oxygen atoms in total. The van der Waals surface area contributed by atoms with Gasteiger partial charge in [-0.15, -0.1) is 0 Å². The highest BCUT2D eigenvalue weighted by Crippen LogP contribution is 2.33. The van der Waals surface area contributed by atoms with Gasteiger partial charge in [0.1, 0.15) is 23.1 Å². The molecule has 0 atom stereocenters. The number of rotatable bonds is 4.